The molecule has 4 amide bonds. The van der Waals surface area contributed by atoms with Crippen molar-refractivity contribution in [1.82, 2.24) is 16.0 Å². The van der Waals surface area contributed by atoms with Crippen LogP contribution in [0, 0.1) is 0 Å². The van der Waals surface area contributed by atoms with Gasteiger partial charge in [-0.05, 0) is 52.0 Å². The Bertz CT molecular complexity index is 803. The molecular weight excluding hydrogens is 490 g/mol. The van der Waals surface area contributed by atoms with Gasteiger partial charge in [-0.1, -0.05) is 0 Å². The minimum Gasteiger partial charge on any atom is -0.480 e. The molecule has 15 N–H and O–H groups in total. The molecule has 5 atom stereocenters. The Morgan fingerprint density at radius 2 is 1.38 bits per heavy atom. The van der Waals surface area contributed by atoms with E-state index in [9.17, 15) is 34.2 Å². The van der Waals surface area contributed by atoms with Crippen molar-refractivity contribution in [1.29, 1.82) is 0 Å². The molecular formula is C21H41N9O7. The second kappa shape index (κ2) is 17.9. The Hall–Kier alpha value is -3.50. The van der Waals surface area contributed by atoms with Crippen LogP contribution in [0.15, 0.2) is 4.99 Å². The molecule has 37 heavy (non-hydrogen) atoms. The molecule has 16 heteroatoms. The molecule has 0 aliphatic heterocycles. The third-order valence-electron chi connectivity index (χ3n) is 5.24. The van der Waals surface area contributed by atoms with Crippen molar-refractivity contribution in [2.75, 3.05) is 13.1 Å². The number of carboxylic acids is 1. The predicted octanol–water partition coefficient (Wildman–Crippen LogP) is -4.32. The number of carboxylic acid groups (broad SMARTS) is 1. The fourth-order valence-corrected chi connectivity index (χ4v) is 3.16. The minimum atomic E-state index is -1.60. The standard InChI is InChI=1S/C21H41N9O7/c1-11(31)16(20(36)37)30-19(35)13(5-2-3-9-22)29-18(34)14(6-4-10-27-21(25)26)28-17(33)12(23)7-8-15(24)32/h11-14,16,31H,2-10,22-23H2,1H3,(H2,24,32)(H,28,33)(H,29,34)(H,30,35)(H,36,37)(H4,25,26,27). The highest BCUT2D eigenvalue weighted by molar-refractivity contribution is 5.94. The molecule has 0 fully saturated rings. The van der Waals surface area contributed by atoms with Crippen molar-refractivity contribution in [2.24, 2.45) is 33.7 Å². The number of hydrogen-bond acceptors (Lipinski definition) is 9. The molecule has 0 aromatic rings. The number of nitrogens with two attached hydrogens (primary N) is 5. The lowest BCUT2D eigenvalue weighted by Crippen LogP contribution is -2.58. The van der Waals surface area contributed by atoms with E-state index in [-0.39, 0.29) is 44.6 Å². The maximum absolute atomic E-state index is 13.1. The Kier molecular flexibility index (Phi) is 16.2. The number of aliphatic hydroxyl groups is 1. The molecule has 0 heterocycles. The molecule has 0 saturated heterocycles. The fraction of sp³-hybridized carbons (Fsp3) is 0.714. The third kappa shape index (κ3) is 14.6. The van der Waals surface area contributed by atoms with E-state index in [4.69, 9.17) is 28.7 Å². The van der Waals surface area contributed by atoms with Gasteiger partial charge in [-0.15, -0.1) is 0 Å². The lowest BCUT2D eigenvalue weighted by atomic mass is 10.0. The van der Waals surface area contributed by atoms with Crippen LogP contribution >= 0.6 is 0 Å². The highest BCUT2D eigenvalue weighted by Crippen LogP contribution is 2.07. The van der Waals surface area contributed by atoms with E-state index in [0.717, 1.165) is 0 Å². The summed E-state index contributed by atoms with van der Waals surface area (Å²) in [6.07, 6.45) is -0.136. The zero-order valence-electron chi connectivity index (χ0n) is 21.0. The number of aliphatic carboxylic acids is 1. The van der Waals surface area contributed by atoms with Gasteiger partial charge in [-0.25, -0.2) is 4.79 Å². The second-order valence-electron chi connectivity index (χ2n) is 8.53. The number of primary amides is 1. The van der Waals surface area contributed by atoms with E-state index in [0.29, 0.717) is 19.4 Å². The van der Waals surface area contributed by atoms with Crippen molar-refractivity contribution in [3.05, 3.63) is 0 Å². The lowest BCUT2D eigenvalue weighted by Gasteiger charge is -2.26. The smallest absolute Gasteiger partial charge is 0.328 e. The number of hydrogen-bond donors (Lipinski definition) is 10. The van der Waals surface area contributed by atoms with Crippen LogP contribution in [-0.2, 0) is 24.0 Å². The van der Waals surface area contributed by atoms with Gasteiger partial charge in [0.25, 0.3) is 0 Å². The molecule has 0 bridgehead atoms. The molecule has 212 valence electrons. The van der Waals surface area contributed by atoms with Crippen molar-refractivity contribution < 1.29 is 34.2 Å². The molecule has 16 nitrogen and oxygen atoms in total. The first kappa shape index (κ1) is 33.5. The summed E-state index contributed by atoms with van der Waals surface area (Å²) in [6, 6.07) is -5.05. The molecule has 0 rings (SSSR count). The van der Waals surface area contributed by atoms with Gasteiger partial charge in [0.15, 0.2) is 12.0 Å². The van der Waals surface area contributed by atoms with Gasteiger partial charge in [-0.3, -0.25) is 24.2 Å². The number of amides is 4. The summed E-state index contributed by atoms with van der Waals surface area (Å²) in [7, 11) is 0. The Morgan fingerprint density at radius 1 is 0.838 bits per heavy atom. The Labute approximate surface area is 215 Å². The normalized spacial score (nSPS) is 14.8. The number of aliphatic hydroxyl groups excluding tert-OH is 1. The highest BCUT2D eigenvalue weighted by atomic mass is 16.4. The number of carbonyl (C=O) groups is 5. The van der Waals surface area contributed by atoms with E-state index in [2.05, 4.69) is 20.9 Å². The van der Waals surface area contributed by atoms with Crippen LogP contribution in [0.5, 0.6) is 0 Å². The summed E-state index contributed by atoms with van der Waals surface area (Å²) in [5, 5.41) is 26.1. The summed E-state index contributed by atoms with van der Waals surface area (Å²) in [5.74, 6) is -4.53. The van der Waals surface area contributed by atoms with E-state index >= 15 is 0 Å². The second-order valence-corrected chi connectivity index (χ2v) is 8.53. The molecule has 0 aliphatic carbocycles. The maximum Gasteiger partial charge on any atom is 0.328 e. The summed E-state index contributed by atoms with van der Waals surface area (Å²) >= 11 is 0. The lowest BCUT2D eigenvalue weighted by molar-refractivity contribution is -0.145. The number of aliphatic imine (C=N–C) groups is 1. The van der Waals surface area contributed by atoms with Crippen molar-refractivity contribution in [2.45, 2.75) is 82.1 Å². The molecule has 0 aromatic heterocycles. The van der Waals surface area contributed by atoms with Gasteiger partial charge in [0.1, 0.15) is 12.1 Å². The zero-order chi connectivity index (χ0) is 28.5. The van der Waals surface area contributed by atoms with Gasteiger partial charge < -0.3 is 54.8 Å². The van der Waals surface area contributed by atoms with Gasteiger partial charge >= 0.3 is 5.97 Å². The average molecular weight is 532 g/mol. The van der Waals surface area contributed by atoms with Crippen LogP contribution in [-0.4, -0.2) is 89.1 Å². The van der Waals surface area contributed by atoms with E-state index in [1.807, 2.05) is 0 Å². The SMILES string of the molecule is CC(O)C(NC(=O)C(CCCCN)NC(=O)C(CCCN=C(N)N)NC(=O)C(N)CCC(N)=O)C(=O)O. The largest absolute Gasteiger partial charge is 0.480 e. The van der Waals surface area contributed by atoms with Crippen LogP contribution in [0.1, 0.15) is 51.9 Å². The van der Waals surface area contributed by atoms with Gasteiger partial charge in [0.05, 0.1) is 12.1 Å². The summed E-state index contributed by atoms with van der Waals surface area (Å²) < 4.78 is 0. The van der Waals surface area contributed by atoms with Crippen LogP contribution in [0.3, 0.4) is 0 Å². The van der Waals surface area contributed by atoms with Crippen molar-refractivity contribution >= 4 is 35.6 Å². The maximum atomic E-state index is 13.1. The number of unbranched alkanes of at least 4 members (excludes halogenated alkanes) is 1. The van der Waals surface area contributed by atoms with E-state index in [1.54, 1.807) is 0 Å². The highest BCUT2D eigenvalue weighted by Gasteiger charge is 2.31. The monoisotopic (exact) mass is 531 g/mol. The van der Waals surface area contributed by atoms with E-state index in [1.165, 1.54) is 6.92 Å². The quantitative estimate of drug-likeness (QED) is 0.0431. The van der Waals surface area contributed by atoms with Gasteiger partial charge in [0, 0.05) is 13.0 Å². The molecule has 0 aromatic carbocycles. The number of rotatable bonds is 19. The molecule has 0 radical (unpaired) electrons. The summed E-state index contributed by atoms with van der Waals surface area (Å²) in [5.41, 5.74) is 27.0. The molecule has 5 unspecified atom stereocenters. The van der Waals surface area contributed by atoms with Crippen molar-refractivity contribution in [3.63, 3.8) is 0 Å². The van der Waals surface area contributed by atoms with Crippen LogP contribution in [0.25, 0.3) is 0 Å². The first-order chi connectivity index (χ1) is 17.3. The van der Waals surface area contributed by atoms with Crippen molar-refractivity contribution in [3.8, 4) is 0 Å². The topological polar surface area (TPSA) is 304 Å². The Morgan fingerprint density at radius 3 is 1.86 bits per heavy atom. The van der Waals surface area contributed by atoms with Crippen LogP contribution in [0.2, 0.25) is 0 Å². The van der Waals surface area contributed by atoms with E-state index < -0.39 is 59.9 Å². The first-order valence-electron chi connectivity index (χ1n) is 11.9. The van der Waals surface area contributed by atoms with Gasteiger partial charge in [0.2, 0.25) is 23.6 Å². The Balaban J connectivity index is 5.62. The molecule has 0 saturated carbocycles. The first-order valence-corrected chi connectivity index (χ1v) is 11.9. The average Bonchev–Trinajstić information content (AvgIpc) is 2.81. The van der Waals surface area contributed by atoms with Gasteiger partial charge in [-0.2, -0.15) is 0 Å². The predicted molar refractivity (Wildman–Crippen MR) is 134 cm³/mol. The third-order valence-corrected chi connectivity index (χ3v) is 5.24. The number of nitrogens with one attached hydrogen (secondary N) is 3. The number of nitrogens with zero attached hydrogens (tertiary/aromatic N) is 1. The van der Waals surface area contributed by atoms with Crippen LogP contribution < -0.4 is 44.6 Å². The fourth-order valence-electron chi connectivity index (χ4n) is 3.16. The minimum absolute atomic E-state index is 0.0381. The summed E-state index contributed by atoms with van der Waals surface area (Å²) in [4.78, 5) is 64.6. The zero-order valence-corrected chi connectivity index (χ0v) is 21.0. The molecule has 0 spiro atoms. The van der Waals surface area contributed by atoms with Crippen LogP contribution in [0.4, 0.5) is 0 Å². The number of carbonyl (C=O) groups excluding carboxylic acids is 4. The molecule has 0 aliphatic rings. The number of guanidine groups is 1. The summed E-state index contributed by atoms with van der Waals surface area (Å²) in [6.45, 7) is 1.69.